The van der Waals surface area contributed by atoms with E-state index in [0.29, 0.717) is 49.8 Å². The molecule has 1 amide bonds. The number of amides is 1. The van der Waals surface area contributed by atoms with Crippen molar-refractivity contribution in [3.63, 3.8) is 0 Å². The molecule has 0 unspecified atom stereocenters. The molecule has 1 aliphatic heterocycles. The maximum Gasteiger partial charge on any atom is 0.418 e. The lowest BCUT2D eigenvalue weighted by Crippen LogP contribution is -2.38. The van der Waals surface area contributed by atoms with E-state index in [1.807, 2.05) is 4.90 Å². The lowest BCUT2D eigenvalue weighted by atomic mass is 9.95. The molecule has 0 radical (unpaired) electrons. The van der Waals surface area contributed by atoms with Crippen LogP contribution in [0, 0.1) is 11.7 Å². The van der Waals surface area contributed by atoms with E-state index in [2.05, 4.69) is 15.5 Å². The Morgan fingerprint density at radius 3 is 2.47 bits per heavy atom. The summed E-state index contributed by atoms with van der Waals surface area (Å²) in [6, 6.07) is 10.7. The first-order chi connectivity index (χ1) is 15.3. The normalized spacial score (nSPS) is 15.6. The number of piperidine rings is 1. The highest BCUT2D eigenvalue weighted by Crippen LogP contribution is 2.35. The second-order valence-electron chi connectivity index (χ2n) is 7.60. The molecule has 32 heavy (non-hydrogen) atoms. The fraction of sp³-hybridized carbons (Fsp3) is 0.318. The molecule has 10 heteroatoms. The van der Waals surface area contributed by atoms with E-state index >= 15 is 0 Å². The molecule has 2 aromatic carbocycles. The lowest BCUT2D eigenvalue weighted by molar-refractivity contribution is -0.137. The molecule has 1 aliphatic rings. The quantitative estimate of drug-likeness (QED) is 0.571. The van der Waals surface area contributed by atoms with Crippen molar-refractivity contribution in [1.82, 2.24) is 15.0 Å². The van der Waals surface area contributed by atoms with E-state index in [1.165, 1.54) is 30.3 Å². The molecule has 0 saturated carbocycles. The number of carbonyl (C=O) groups excluding carboxylic acids is 1. The van der Waals surface area contributed by atoms with Gasteiger partial charge in [-0.3, -0.25) is 9.69 Å². The number of para-hydroxylation sites is 1. The molecule has 1 aromatic heterocycles. The number of alkyl halides is 3. The van der Waals surface area contributed by atoms with Crippen molar-refractivity contribution in [2.24, 2.45) is 5.92 Å². The van der Waals surface area contributed by atoms with Gasteiger partial charge in [0.2, 0.25) is 17.6 Å². The van der Waals surface area contributed by atoms with Crippen LogP contribution in [0.5, 0.6) is 0 Å². The molecule has 4 rings (SSSR count). The highest BCUT2D eigenvalue weighted by Gasteiger charge is 2.34. The summed E-state index contributed by atoms with van der Waals surface area (Å²) in [4.78, 5) is 18.9. The molecular formula is C22H20F4N4O2. The SMILES string of the molecule is O=C(Nc1ccccc1C(F)(F)F)C1CCN(Cc2nc(-c3ccc(F)cc3)no2)CC1. The Hall–Kier alpha value is -3.27. The predicted octanol–water partition coefficient (Wildman–Crippen LogP) is 4.75. The summed E-state index contributed by atoms with van der Waals surface area (Å²) in [7, 11) is 0. The number of benzene rings is 2. The lowest BCUT2D eigenvalue weighted by Gasteiger charge is -2.30. The summed E-state index contributed by atoms with van der Waals surface area (Å²) in [5, 5.41) is 6.34. The number of hydrogen-bond acceptors (Lipinski definition) is 5. The zero-order chi connectivity index (χ0) is 22.7. The van der Waals surface area contributed by atoms with Gasteiger partial charge in [-0.05, 0) is 62.3 Å². The smallest absolute Gasteiger partial charge is 0.338 e. The van der Waals surface area contributed by atoms with Gasteiger partial charge in [-0.15, -0.1) is 0 Å². The van der Waals surface area contributed by atoms with Crippen LogP contribution in [0.15, 0.2) is 53.1 Å². The minimum atomic E-state index is -4.54. The summed E-state index contributed by atoms with van der Waals surface area (Å²) < 4.78 is 57.7. The van der Waals surface area contributed by atoms with Gasteiger partial charge in [0.05, 0.1) is 17.8 Å². The highest BCUT2D eigenvalue weighted by atomic mass is 19.4. The summed E-state index contributed by atoms with van der Waals surface area (Å²) in [6.07, 6.45) is -3.54. The zero-order valence-electron chi connectivity index (χ0n) is 16.9. The van der Waals surface area contributed by atoms with Gasteiger partial charge in [0, 0.05) is 11.5 Å². The molecule has 1 saturated heterocycles. The van der Waals surface area contributed by atoms with Crippen LogP contribution in [-0.4, -0.2) is 34.0 Å². The summed E-state index contributed by atoms with van der Waals surface area (Å²) in [5.41, 5.74) is -0.457. The zero-order valence-corrected chi connectivity index (χ0v) is 16.9. The van der Waals surface area contributed by atoms with E-state index in [9.17, 15) is 22.4 Å². The molecule has 0 bridgehead atoms. The van der Waals surface area contributed by atoms with E-state index in [0.717, 1.165) is 6.07 Å². The fourth-order valence-corrected chi connectivity index (χ4v) is 3.65. The summed E-state index contributed by atoms with van der Waals surface area (Å²) >= 11 is 0. The number of rotatable bonds is 5. The third-order valence-corrected chi connectivity index (χ3v) is 5.38. The Labute approximate surface area is 181 Å². The Morgan fingerprint density at radius 2 is 1.78 bits per heavy atom. The third-order valence-electron chi connectivity index (χ3n) is 5.38. The first-order valence-corrected chi connectivity index (χ1v) is 10.1. The molecule has 1 N–H and O–H groups in total. The second-order valence-corrected chi connectivity index (χ2v) is 7.60. The van der Waals surface area contributed by atoms with Crippen LogP contribution >= 0.6 is 0 Å². The average molecular weight is 448 g/mol. The van der Waals surface area contributed by atoms with Crippen molar-refractivity contribution < 1.29 is 26.9 Å². The first-order valence-electron chi connectivity index (χ1n) is 10.1. The molecule has 168 valence electrons. The molecule has 0 spiro atoms. The van der Waals surface area contributed by atoms with Gasteiger partial charge in [-0.2, -0.15) is 18.2 Å². The number of halogens is 4. The standard InChI is InChI=1S/C22H20F4N4O2/c23-16-7-5-14(6-8-16)20-28-19(32-29-20)13-30-11-9-15(10-12-30)21(31)27-18-4-2-1-3-17(18)22(24,25)26/h1-8,15H,9-13H2,(H,27,31). The van der Waals surface area contributed by atoms with Crippen molar-refractivity contribution in [2.75, 3.05) is 18.4 Å². The Kier molecular flexibility index (Phi) is 6.22. The van der Waals surface area contributed by atoms with Crippen LogP contribution in [0.1, 0.15) is 24.3 Å². The van der Waals surface area contributed by atoms with Gasteiger partial charge >= 0.3 is 6.18 Å². The summed E-state index contributed by atoms with van der Waals surface area (Å²) in [5.74, 6) is -0.405. The van der Waals surface area contributed by atoms with Crippen molar-refractivity contribution in [3.8, 4) is 11.4 Å². The van der Waals surface area contributed by atoms with Gasteiger partial charge in [0.1, 0.15) is 5.82 Å². The molecular weight excluding hydrogens is 428 g/mol. The number of likely N-dealkylation sites (tertiary alicyclic amines) is 1. The number of aromatic nitrogens is 2. The largest absolute Gasteiger partial charge is 0.418 e. The highest BCUT2D eigenvalue weighted by molar-refractivity contribution is 5.93. The van der Waals surface area contributed by atoms with Crippen LogP contribution < -0.4 is 5.32 Å². The number of nitrogens with zero attached hydrogens (tertiary/aromatic N) is 3. The van der Waals surface area contributed by atoms with E-state index < -0.39 is 17.6 Å². The first kappa shape index (κ1) is 21.9. The van der Waals surface area contributed by atoms with Crippen LogP contribution in [0.2, 0.25) is 0 Å². The Bertz CT molecular complexity index is 1070. The predicted molar refractivity (Wildman–Crippen MR) is 108 cm³/mol. The van der Waals surface area contributed by atoms with Gasteiger partial charge in [-0.1, -0.05) is 17.3 Å². The topological polar surface area (TPSA) is 71.3 Å². The second kappa shape index (κ2) is 9.07. The summed E-state index contributed by atoms with van der Waals surface area (Å²) in [6.45, 7) is 1.51. The number of hydrogen-bond donors (Lipinski definition) is 1. The Balaban J connectivity index is 1.31. The van der Waals surface area contributed by atoms with E-state index in [1.54, 1.807) is 12.1 Å². The van der Waals surface area contributed by atoms with Crippen LogP contribution in [0.25, 0.3) is 11.4 Å². The van der Waals surface area contributed by atoms with Crippen LogP contribution in [0.3, 0.4) is 0 Å². The molecule has 2 heterocycles. The van der Waals surface area contributed by atoms with E-state index in [-0.39, 0.29) is 17.4 Å². The Morgan fingerprint density at radius 1 is 1.09 bits per heavy atom. The molecule has 6 nitrogen and oxygen atoms in total. The van der Waals surface area contributed by atoms with Crippen LogP contribution in [0.4, 0.5) is 23.2 Å². The van der Waals surface area contributed by atoms with Gasteiger partial charge in [0.25, 0.3) is 0 Å². The van der Waals surface area contributed by atoms with E-state index in [4.69, 9.17) is 4.52 Å². The molecule has 0 aliphatic carbocycles. The molecule has 0 atom stereocenters. The number of nitrogens with one attached hydrogen (secondary N) is 1. The van der Waals surface area contributed by atoms with Gasteiger partial charge in [0.15, 0.2) is 0 Å². The number of carbonyl (C=O) groups is 1. The minimum absolute atomic E-state index is 0.230. The van der Waals surface area contributed by atoms with Crippen molar-refractivity contribution in [3.05, 3.63) is 65.8 Å². The number of anilines is 1. The minimum Gasteiger partial charge on any atom is -0.338 e. The van der Waals surface area contributed by atoms with Crippen molar-refractivity contribution in [2.45, 2.75) is 25.6 Å². The molecule has 1 fully saturated rings. The van der Waals surface area contributed by atoms with Crippen molar-refractivity contribution in [1.29, 1.82) is 0 Å². The average Bonchev–Trinajstić information content (AvgIpc) is 3.23. The third kappa shape index (κ3) is 5.13. The van der Waals surface area contributed by atoms with Gasteiger partial charge < -0.3 is 9.84 Å². The van der Waals surface area contributed by atoms with Crippen molar-refractivity contribution >= 4 is 11.6 Å². The maximum absolute atomic E-state index is 13.1. The monoisotopic (exact) mass is 448 g/mol. The maximum atomic E-state index is 13.1. The molecule has 3 aromatic rings. The van der Waals surface area contributed by atoms with Crippen LogP contribution in [-0.2, 0) is 17.5 Å². The fourth-order valence-electron chi connectivity index (χ4n) is 3.65. The van der Waals surface area contributed by atoms with Gasteiger partial charge in [-0.25, -0.2) is 4.39 Å².